The highest BCUT2D eigenvalue weighted by Crippen LogP contribution is 2.59. The summed E-state index contributed by atoms with van der Waals surface area (Å²) in [5.74, 6) is -0.282. The van der Waals surface area contributed by atoms with Crippen molar-refractivity contribution in [1.29, 1.82) is 0 Å². The van der Waals surface area contributed by atoms with Gasteiger partial charge in [-0.15, -0.1) is 0 Å². The Bertz CT molecular complexity index is 1110. The molecule has 8 nitrogen and oxygen atoms in total. The Morgan fingerprint density at radius 1 is 1.25 bits per heavy atom. The molecule has 2 aliphatic rings. The molecular formula is C23H30N2O6Si. The van der Waals surface area contributed by atoms with Crippen molar-refractivity contribution in [2.75, 3.05) is 25.7 Å². The molecule has 0 radical (unpaired) electrons. The van der Waals surface area contributed by atoms with Crippen LogP contribution in [-0.4, -0.2) is 55.6 Å². The fraction of sp³-hybridized carbons (Fsp3) is 0.478. The maximum atomic E-state index is 13.6. The topological polar surface area (TPSA) is 101 Å². The van der Waals surface area contributed by atoms with Crippen LogP contribution in [0.15, 0.2) is 41.3 Å². The highest BCUT2D eigenvalue weighted by Gasteiger charge is 2.65. The molecule has 9 heteroatoms. The van der Waals surface area contributed by atoms with Crippen molar-refractivity contribution in [3.8, 4) is 11.4 Å². The number of aliphatic hydroxyl groups is 1. The van der Waals surface area contributed by atoms with Gasteiger partial charge < -0.3 is 24.3 Å². The van der Waals surface area contributed by atoms with Gasteiger partial charge in [0.2, 0.25) is 0 Å². The second-order valence-corrected chi connectivity index (χ2v) is 13.2. The Labute approximate surface area is 188 Å². The minimum atomic E-state index is -2.73. The number of carbonyl (C=O) groups is 1. The molecule has 3 heterocycles. The Hall–Kier alpha value is -2.46. The van der Waals surface area contributed by atoms with Crippen molar-refractivity contribution in [3.05, 3.63) is 52.4 Å². The Morgan fingerprint density at radius 2 is 1.97 bits per heavy atom. The largest absolute Gasteiger partial charge is 0.491 e. The van der Waals surface area contributed by atoms with Crippen LogP contribution in [0.5, 0.6) is 5.75 Å². The Kier molecular flexibility index (Phi) is 5.57. The van der Waals surface area contributed by atoms with E-state index < -0.39 is 20.0 Å². The number of carbonyl (C=O) groups excluding carboxylic acids is 1. The predicted octanol–water partition coefficient (Wildman–Crippen LogP) is 2.00. The number of aliphatic hydroxyl groups excluding tert-OH is 1. The molecule has 0 unspecified atom stereocenters. The van der Waals surface area contributed by atoms with E-state index in [4.69, 9.17) is 9.47 Å². The maximum absolute atomic E-state index is 13.6. The average molecular weight is 459 g/mol. The van der Waals surface area contributed by atoms with Crippen LogP contribution in [0.25, 0.3) is 5.69 Å². The first-order valence-corrected chi connectivity index (χ1v) is 13.8. The average Bonchev–Trinajstić information content (AvgIpc) is 3.15. The predicted molar refractivity (Wildman–Crippen MR) is 123 cm³/mol. The summed E-state index contributed by atoms with van der Waals surface area (Å²) < 4.78 is 13.1. The van der Waals surface area contributed by atoms with Gasteiger partial charge in [-0.25, -0.2) is 0 Å². The highest BCUT2D eigenvalue weighted by atomic mass is 28.4. The maximum Gasteiger partial charge on any atom is 0.297 e. The molecular weight excluding hydrogens is 428 g/mol. The van der Waals surface area contributed by atoms with Crippen molar-refractivity contribution < 1.29 is 24.2 Å². The first-order valence-electron chi connectivity index (χ1n) is 10.8. The van der Waals surface area contributed by atoms with E-state index in [0.717, 1.165) is 0 Å². The summed E-state index contributed by atoms with van der Waals surface area (Å²) in [7, 11) is 0.423. The first kappa shape index (κ1) is 22.7. The number of methoxy groups -OCH3 is 1. The molecule has 4 atom stereocenters. The normalized spacial score (nSPS) is 27.3. The molecule has 0 bridgehead atoms. The van der Waals surface area contributed by atoms with E-state index in [1.54, 1.807) is 36.3 Å². The smallest absolute Gasteiger partial charge is 0.297 e. The molecule has 2 aromatic rings. The first-order chi connectivity index (χ1) is 15.1. The number of hydrogen-bond donors (Lipinski definition) is 2. The van der Waals surface area contributed by atoms with Gasteiger partial charge >= 0.3 is 0 Å². The SMILES string of the molecule is COc1cccn(-c2ccc3c(c2)[C@]2(O[C@@H](CCO)[C@H]([Si](C)(C)O)[C@H]2C)C(=O)N3C)c1=O. The zero-order valence-corrected chi connectivity index (χ0v) is 20.0. The fourth-order valence-corrected chi connectivity index (χ4v) is 8.15. The monoisotopic (exact) mass is 458 g/mol. The number of benzene rings is 1. The second-order valence-electron chi connectivity index (χ2n) is 9.19. The van der Waals surface area contributed by atoms with Crippen LogP contribution in [0, 0.1) is 5.92 Å². The highest BCUT2D eigenvalue weighted by molar-refractivity contribution is 6.71. The van der Waals surface area contributed by atoms with E-state index in [0.29, 0.717) is 23.4 Å². The van der Waals surface area contributed by atoms with Crippen LogP contribution in [-0.2, 0) is 15.1 Å². The van der Waals surface area contributed by atoms with Gasteiger partial charge in [-0.05, 0) is 49.8 Å². The third kappa shape index (κ3) is 3.14. The lowest BCUT2D eigenvalue weighted by atomic mass is 9.82. The lowest BCUT2D eigenvalue weighted by molar-refractivity contribution is -0.146. The van der Waals surface area contributed by atoms with Crippen molar-refractivity contribution in [1.82, 2.24) is 4.57 Å². The number of hydrogen-bond acceptors (Lipinski definition) is 6. The minimum Gasteiger partial charge on any atom is -0.491 e. The van der Waals surface area contributed by atoms with Crippen LogP contribution in [0.4, 0.5) is 5.69 Å². The van der Waals surface area contributed by atoms with Gasteiger partial charge in [0.05, 0.1) is 18.9 Å². The number of ether oxygens (including phenoxy) is 2. The second kappa shape index (κ2) is 7.84. The molecule has 0 saturated carbocycles. The molecule has 1 saturated heterocycles. The van der Waals surface area contributed by atoms with Crippen LogP contribution in [0.1, 0.15) is 18.9 Å². The quantitative estimate of drug-likeness (QED) is 0.665. The molecule has 4 rings (SSSR count). The van der Waals surface area contributed by atoms with E-state index in [-0.39, 0.29) is 35.3 Å². The molecule has 1 aromatic heterocycles. The van der Waals surface area contributed by atoms with E-state index in [9.17, 15) is 19.5 Å². The van der Waals surface area contributed by atoms with E-state index in [1.807, 2.05) is 32.2 Å². The summed E-state index contributed by atoms with van der Waals surface area (Å²) in [6.07, 6.45) is 1.56. The number of amides is 1. The van der Waals surface area contributed by atoms with Crippen molar-refractivity contribution in [3.63, 3.8) is 0 Å². The third-order valence-electron chi connectivity index (χ3n) is 6.92. The van der Waals surface area contributed by atoms with Gasteiger partial charge in [0, 0.05) is 42.6 Å². The summed E-state index contributed by atoms with van der Waals surface area (Å²) in [5.41, 5.74) is 0.160. The van der Waals surface area contributed by atoms with Gasteiger partial charge in [-0.2, -0.15) is 0 Å². The van der Waals surface area contributed by atoms with E-state index in [1.165, 1.54) is 11.7 Å². The van der Waals surface area contributed by atoms with Crippen molar-refractivity contribution in [2.45, 2.75) is 43.7 Å². The summed E-state index contributed by atoms with van der Waals surface area (Å²) in [6, 6.07) is 8.75. The molecule has 1 aromatic carbocycles. The molecule has 172 valence electrons. The molecule has 1 amide bonds. The van der Waals surface area contributed by atoms with E-state index >= 15 is 0 Å². The van der Waals surface area contributed by atoms with Crippen molar-refractivity contribution >= 4 is 19.9 Å². The lowest BCUT2D eigenvalue weighted by Crippen LogP contribution is -2.45. The van der Waals surface area contributed by atoms with E-state index in [2.05, 4.69) is 0 Å². The van der Waals surface area contributed by atoms with Crippen LogP contribution in [0.2, 0.25) is 18.6 Å². The van der Waals surface area contributed by atoms with Crippen LogP contribution in [0.3, 0.4) is 0 Å². The van der Waals surface area contributed by atoms with Gasteiger partial charge in [-0.1, -0.05) is 6.92 Å². The van der Waals surface area contributed by atoms with Gasteiger partial charge in [0.15, 0.2) is 19.7 Å². The Morgan fingerprint density at radius 3 is 2.59 bits per heavy atom. The minimum absolute atomic E-state index is 0.0927. The molecule has 1 fully saturated rings. The van der Waals surface area contributed by atoms with Gasteiger partial charge in [0.1, 0.15) is 0 Å². The molecule has 1 spiro atoms. The summed E-state index contributed by atoms with van der Waals surface area (Å²) in [5, 5.41) is 9.62. The standard InChI is InChI=1S/C23H30N2O6Si/c1-14-20(32(4,5)29)18(10-12-26)31-23(14)16-13-15(8-9-17(16)24(2)22(23)28)25-11-6-7-19(30-3)21(25)27/h6-9,11,13-14,18,20,26,29H,10,12H2,1-5H3/t14-,18+,20-,23+/m1/s1. The number of aromatic nitrogens is 1. The van der Waals surface area contributed by atoms with Crippen LogP contribution >= 0.6 is 0 Å². The zero-order valence-electron chi connectivity index (χ0n) is 19.0. The zero-order chi connectivity index (χ0) is 23.4. The number of likely N-dealkylation sites (N-methyl/N-ethyl adjacent to an activating group) is 1. The van der Waals surface area contributed by atoms with Gasteiger partial charge in [-0.3, -0.25) is 14.2 Å². The molecule has 32 heavy (non-hydrogen) atoms. The summed E-state index contributed by atoms with van der Waals surface area (Å²) in [4.78, 5) is 39.0. The molecule has 2 aliphatic heterocycles. The lowest BCUT2D eigenvalue weighted by Gasteiger charge is -2.32. The number of nitrogens with zero attached hydrogens (tertiary/aromatic N) is 2. The summed E-state index contributed by atoms with van der Waals surface area (Å²) >= 11 is 0. The molecule has 0 aliphatic carbocycles. The van der Waals surface area contributed by atoms with Crippen LogP contribution < -0.4 is 15.2 Å². The number of pyridine rings is 1. The number of rotatable bonds is 5. The van der Waals surface area contributed by atoms with Gasteiger partial charge in [0.25, 0.3) is 11.5 Å². The summed E-state index contributed by atoms with van der Waals surface area (Å²) in [6.45, 7) is 5.54. The Balaban J connectivity index is 1.90. The molecule has 2 N–H and O–H groups in total. The number of anilines is 1. The fourth-order valence-electron chi connectivity index (χ4n) is 5.55. The number of fused-ring (bicyclic) bond motifs is 2. The third-order valence-corrected chi connectivity index (χ3v) is 9.42. The van der Waals surface area contributed by atoms with Crippen molar-refractivity contribution in [2.24, 2.45) is 5.92 Å².